The highest BCUT2D eigenvalue weighted by Crippen LogP contribution is 2.29. The molecule has 0 bridgehead atoms. The molecule has 13 heavy (non-hydrogen) atoms. The van der Waals surface area contributed by atoms with Gasteiger partial charge in [0.1, 0.15) is 0 Å². The average molecular weight is 204 g/mol. The minimum Gasteiger partial charge on any atom is -0.326 e. The van der Waals surface area contributed by atoms with Crippen molar-refractivity contribution in [3.8, 4) is 0 Å². The molecule has 2 atom stereocenters. The molecule has 4 nitrogen and oxygen atoms in total. The fourth-order valence-electron chi connectivity index (χ4n) is 1.82. The van der Waals surface area contributed by atoms with Crippen LogP contribution >= 0.6 is 0 Å². The molecule has 0 aromatic heterocycles. The van der Waals surface area contributed by atoms with Gasteiger partial charge in [0, 0.05) is 12.1 Å². The fourth-order valence-corrected chi connectivity index (χ4v) is 3.48. The molecular formula is C8H16N2O2S. The third-order valence-corrected chi connectivity index (χ3v) is 4.83. The van der Waals surface area contributed by atoms with Crippen LogP contribution in [0.25, 0.3) is 0 Å². The zero-order valence-corrected chi connectivity index (χ0v) is 8.39. The van der Waals surface area contributed by atoms with Gasteiger partial charge in [-0.3, -0.25) is 0 Å². The zero-order chi connectivity index (χ0) is 9.47. The van der Waals surface area contributed by atoms with Crippen molar-refractivity contribution in [2.45, 2.75) is 49.4 Å². The topological polar surface area (TPSA) is 72.2 Å². The van der Waals surface area contributed by atoms with Crippen molar-refractivity contribution in [1.82, 2.24) is 4.72 Å². The van der Waals surface area contributed by atoms with Crippen molar-refractivity contribution < 1.29 is 8.42 Å². The smallest absolute Gasteiger partial charge is 0.214 e. The Kier molecular flexibility index (Phi) is 2.33. The summed E-state index contributed by atoms with van der Waals surface area (Å²) in [5.41, 5.74) is 5.78. The third-order valence-electron chi connectivity index (χ3n) is 2.85. The highest BCUT2D eigenvalue weighted by atomic mass is 32.2. The van der Waals surface area contributed by atoms with Crippen LogP contribution in [0.3, 0.4) is 0 Å². The Morgan fingerprint density at radius 2 is 1.85 bits per heavy atom. The van der Waals surface area contributed by atoms with E-state index in [1.807, 2.05) is 0 Å². The minimum atomic E-state index is -3.03. The maximum Gasteiger partial charge on any atom is 0.214 e. The third kappa shape index (κ3) is 2.03. The second-order valence-corrected chi connectivity index (χ2v) is 6.06. The van der Waals surface area contributed by atoms with Crippen molar-refractivity contribution in [1.29, 1.82) is 0 Å². The van der Waals surface area contributed by atoms with Crippen LogP contribution in [0.15, 0.2) is 0 Å². The van der Waals surface area contributed by atoms with Crippen LogP contribution in [0.1, 0.15) is 32.1 Å². The van der Waals surface area contributed by atoms with Crippen LogP contribution in [0, 0.1) is 0 Å². The standard InChI is InChI=1S/C8H16N2O2S/c9-7-2-1-3-8(7)10-13(11,12)6-4-5-6/h6-8,10H,1-5,9H2. The quantitative estimate of drug-likeness (QED) is 0.677. The van der Waals surface area contributed by atoms with E-state index in [1.54, 1.807) is 0 Å². The molecule has 2 aliphatic rings. The number of hydrogen-bond acceptors (Lipinski definition) is 3. The van der Waals surface area contributed by atoms with Crippen LogP contribution < -0.4 is 10.5 Å². The lowest BCUT2D eigenvalue weighted by atomic mass is 10.2. The number of hydrogen-bond donors (Lipinski definition) is 2. The average Bonchev–Trinajstić information content (AvgIpc) is 2.80. The fraction of sp³-hybridized carbons (Fsp3) is 1.00. The van der Waals surface area contributed by atoms with E-state index in [0.29, 0.717) is 0 Å². The molecule has 0 radical (unpaired) electrons. The molecule has 0 aromatic carbocycles. The van der Waals surface area contributed by atoms with Crippen LogP contribution in [0.4, 0.5) is 0 Å². The molecule has 76 valence electrons. The molecule has 0 aliphatic heterocycles. The van der Waals surface area contributed by atoms with Gasteiger partial charge in [0.25, 0.3) is 0 Å². The van der Waals surface area contributed by atoms with E-state index in [0.717, 1.165) is 32.1 Å². The number of nitrogens with one attached hydrogen (secondary N) is 1. The monoisotopic (exact) mass is 204 g/mol. The first-order chi connectivity index (χ1) is 6.09. The maximum absolute atomic E-state index is 11.5. The largest absolute Gasteiger partial charge is 0.326 e. The van der Waals surface area contributed by atoms with Crippen molar-refractivity contribution in [3.05, 3.63) is 0 Å². The molecule has 2 fully saturated rings. The van der Waals surface area contributed by atoms with Gasteiger partial charge in [-0.2, -0.15) is 0 Å². The summed E-state index contributed by atoms with van der Waals surface area (Å²) in [5.74, 6) is 0. The first kappa shape index (κ1) is 9.43. The van der Waals surface area contributed by atoms with E-state index in [9.17, 15) is 8.42 Å². The molecule has 2 saturated carbocycles. The van der Waals surface area contributed by atoms with E-state index in [1.165, 1.54) is 0 Å². The Bertz CT molecular complexity index is 285. The van der Waals surface area contributed by atoms with Crippen molar-refractivity contribution in [2.75, 3.05) is 0 Å². The summed E-state index contributed by atoms with van der Waals surface area (Å²) < 4.78 is 25.8. The molecular weight excluding hydrogens is 188 g/mol. The van der Waals surface area contributed by atoms with Gasteiger partial charge in [-0.25, -0.2) is 13.1 Å². The predicted octanol–water partition coefficient (Wildman–Crippen LogP) is -0.0520. The summed E-state index contributed by atoms with van der Waals surface area (Å²) in [5, 5.41) is -0.125. The second kappa shape index (κ2) is 3.22. The van der Waals surface area contributed by atoms with E-state index < -0.39 is 10.0 Å². The van der Waals surface area contributed by atoms with Gasteiger partial charge in [-0.1, -0.05) is 6.42 Å². The van der Waals surface area contributed by atoms with Crippen LogP contribution in [0.2, 0.25) is 0 Å². The Hall–Kier alpha value is -0.130. The van der Waals surface area contributed by atoms with E-state index in [2.05, 4.69) is 4.72 Å². The highest BCUT2D eigenvalue weighted by Gasteiger charge is 2.38. The molecule has 0 saturated heterocycles. The van der Waals surface area contributed by atoms with Crippen molar-refractivity contribution in [2.24, 2.45) is 5.73 Å². The van der Waals surface area contributed by atoms with Gasteiger partial charge in [-0.15, -0.1) is 0 Å². The molecule has 0 spiro atoms. The van der Waals surface area contributed by atoms with E-state index in [-0.39, 0.29) is 17.3 Å². The SMILES string of the molecule is NC1CCCC1NS(=O)(=O)C1CC1. The molecule has 0 amide bonds. The molecule has 2 rings (SSSR count). The summed E-state index contributed by atoms with van der Waals surface area (Å²) in [6.07, 6.45) is 4.51. The van der Waals surface area contributed by atoms with Crippen molar-refractivity contribution in [3.63, 3.8) is 0 Å². The summed E-state index contributed by atoms with van der Waals surface area (Å²) in [6.45, 7) is 0. The normalized spacial score (nSPS) is 35.2. The second-order valence-electron chi connectivity index (χ2n) is 4.06. The first-order valence-corrected chi connectivity index (χ1v) is 6.41. The van der Waals surface area contributed by atoms with Gasteiger partial charge < -0.3 is 5.73 Å². The van der Waals surface area contributed by atoms with Gasteiger partial charge in [0.05, 0.1) is 5.25 Å². The highest BCUT2D eigenvalue weighted by molar-refractivity contribution is 7.90. The molecule has 5 heteroatoms. The summed E-state index contributed by atoms with van der Waals surface area (Å²) in [6, 6.07) is 0.0131. The van der Waals surface area contributed by atoms with Gasteiger partial charge >= 0.3 is 0 Å². The summed E-state index contributed by atoms with van der Waals surface area (Å²) in [4.78, 5) is 0. The first-order valence-electron chi connectivity index (χ1n) is 4.86. The van der Waals surface area contributed by atoms with Crippen LogP contribution in [0.5, 0.6) is 0 Å². The maximum atomic E-state index is 11.5. The number of sulfonamides is 1. The van der Waals surface area contributed by atoms with Gasteiger partial charge in [0.2, 0.25) is 10.0 Å². The van der Waals surface area contributed by atoms with E-state index in [4.69, 9.17) is 5.73 Å². The summed E-state index contributed by atoms with van der Waals surface area (Å²) >= 11 is 0. The Morgan fingerprint density at radius 1 is 1.15 bits per heavy atom. The number of rotatable bonds is 3. The van der Waals surface area contributed by atoms with Crippen LogP contribution in [-0.2, 0) is 10.0 Å². The van der Waals surface area contributed by atoms with Crippen molar-refractivity contribution >= 4 is 10.0 Å². The van der Waals surface area contributed by atoms with Gasteiger partial charge in [-0.05, 0) is 25.7 Å². The molecule has 0 aromatic rings. The lowest BCUT2D eigenvalue weighted by Gasteiger charge is -2.16. The lowest BCUT2D eigenvalue weighted by Crippen LogP contribution is -2.45. The number of nitrogens with two attached hydrogens (primary N) is 1. The Balaban J connectivity index is 1.96. The lowest BCUT2D eigenvalue weighted by molar-refractivity contribution is 0.521. The molecule has 2 unspecified atom stereocenters. The van der Waals surface area contributed by atoms with Gasteiger partial charge in [0.15, 0.2) is 0 Å². The molecule has 0 heterocycles. The molecule has 3 N–H and O–H groups in total. The zero-order valence-electron chi connectivity index (χ0n) is 7.57. The van der Waals surface area contributed by atoms with E-state index >= 15 is 0 Å². The minimum absolute atomic E-state index is 0.00870. The van der Waals surface area contributed by atoms with Crippen LogP contribution in [-0.4, -0.2) is 25.8 Å². The Labute approximate surface area is 78.9 Å². The Morgan fingerprint density at radius 3 is 2.31 bits per heavy atom. The summed E-state index contributed by atoms with van der Waals surface area (Å²) in [7, 11) is -3.03. The molecule has 2 aliphatic carbocycles. The predicted molar refractivity (Wildman–Crippen MR) is 50.7 cm³/mol.